The highest BCUT2D eigenvalue weighted by atomic mass is 35.5. The zero-order chi connectivity index (χ0) is 15.9. The summed E-state index contributed by atoms with van der Waals surface area (Å²) < 4.78 is 37.6. The predicted octanol–water partition coefficient (Wildman–Crippen LogP) is 2.17. The zero-order valence-electron chi connectivity index (χ0n) is 12.5. The van der Waals surface area contributed by atoms with E-state index in [2.05, 4.69) is 4.98 Å². The van der Waals surface area contributed by atoms with Gasteiger partial charge in [-0.3, -0.25) is 0 Å². The average molecular weight is 357 g/mol. The predicted molar refractivity (Wildman–Crippen MR) is 83.6 cm³/mol. The van der Waals surface area contributed by atoms with E-state index in [0.717, 1.165) is 11.3 Å². The third-order valence-electron chi connectivity index (χ3n) is 2.68. The molecule has 1 aromatic heterocycles. The lowest BCUT2D eigenvalue weighted by Crippen LogP contribution is -2.36. The topological polar surface area (TPSA) is 68.7 Å². The Kier molecular flexibility index (Phi) is 8.07. The highest BCUT2D eigenvalue weighted by molar-refractivity contribution is 7.91. The fourth-order valence-electron chi connectivity index (χ4n) is 1.68. The van der Waals surface area contributed by atoms with Gasteiger partial charge in [-0.1, -0.05) is 22.9 Å². The number of nitrogens with zero attached hydrogens (tertiary/aromatic N) is 2. The number of rotatable bonds is 10. The van der Waals surface area contributed by atoms with Gasteiger partial charge in [0, 0.05) is 26.3 Å². The van der Waals surface area contributed by atoms with Crippen LogP contribution in [0.5, 0.6) is 0 Å². The molecule has 6 nitrogen and oxygen atoms in total. The summed E-state index contributed by atoms with van der Waals surface area (Å²) in [6.45, 7) is 7.70. The lowest BCUT2D eigenvalue weighted by Gasteiger charge is -2.21. The van der Waals surface area contributed by atoms with E-state index in [1.807, 2.05) is 13.8 Å². The van der Waals surface area contributed by atoms with Crippen molar-refractivity contribution in [2.75, 3.05) is 39.5 Å². The molecule has 9 heteroatoms. The molecule has 0 fully saturated rings. The highest BCUT2D eigenvalue weighted by Crippen LogP contribution is 2.29. The third kappa shape index (κ3) is 5.46. The Morgan fingerprint density at radius 1 is 1.19 bits per heavy atom. The minimum absolute atomic E-state index is 0.181. The molecule has 1 rings (SSSR count). The minimum Gasteiger partial charge on any atom is -0.380 e. The van der Waals surface area contributed by atoms with Crippen molar-refractivity contribution in [2.45, 2.75) is 25.0 Å². The fourth-order valence-corrected chi connectivity index (χ4v) is 4.96. The Balaban J connectivity index is 2.90. The number of hydrogen-bond donors (Lipinski definition) is 0. The number of aromatic nitrogens is 1. The lowest BCUT2D eigenvalue weighted by atomic mass is 10.6. The molecule has 0 radical (unpaired) electrons. The van der Waals surface area contributed by atoms with Gasteiger partial charge in [0.15, 0.2) is 8.68 Å². The maximum atomic E-state index is 12.7. The SMILES string of the molecule is CCOCCN(CCOCC)S(=O)(=O)c1sc(Cl)nc1C. The minimum atomic E-state index is -3.63. The Labute approximate surface area is 135 Å². The van der Waals surface area contributed by atoms with Gasteiger partial charge in [-0.05, 0) is 20.8 Å². The van der Waals surface area contributed by atoms with Crippen LogP contribution < -0.4 is 0 Å². The molecule has 0 aliphatic carbocycles. The van der Waals surface area contributed by atoms with E-state index in [9.17, 15) is 8.42 Å². The fraction of sp³-hybridized carbons (Fsp3) is 0.750. The van der Waals surface area contributed by atoms with Gasteiger partial charge < -0.3 is 9.47 Å². The van der Waals surface area contributed by atoms with Crippen LogP contribution >= 0.6 is 22.9 Å². The number of aryl methyl sites for hydroxylation is 1. The second kappa shape index (κ2) is 9.02. The van der Waals surface area contributed by atoms with Gasteiger partial charge in [-0.15, -0.1) is 0 Å². The van der Waals surface area contributed by atoms with E-state index in [1.165, 1.54) is 4.31 Å². The van der Waals surface area contributed by atoms with Crippen LogP contribution in [0.2, 0.25) is 4.47 Å². The van der Waals surface area contributed by atoms with Crippen LogP contribution in [-0.4, -0.2) is 57.2 Å². The molecule has 0 saturated heterocycles. The van der Waals surface area contributed by atoms with Gasteiger partial charge in [-0.2, -0.15) is 4.31 Å². The smallest absolute Gasteiger partial charge is 0.254 e. The number of sulfonamides is 1. The first kappa shape index (κ1) is 18.8. The quantitative estimate of drug-likeness (QED) is 0.601. The molecular weight excluding hydrogens is 336 g/mol. The second-order valence-corrected chi connectivity index (χ2v) is 7.85. The van der Waals surface area contributed by atoms with Crippen molar-refractivity contribution in [3.05, 3.63) is 10.2 Å². The first-order chi connectivity index (χ1) is 9.93. The Hall–Kier alpha value is -0.250. The highest BCUT2D eigenvalue weighted by Gasteiger charge is 2.28. The van der Waals surface area contributed by atoms with Gasteiger partial charge in [0.05, 0.1) is 18.9 Å². The van der Waals surface area contributed by atoms with Crippen molar-refractivity contribution < 1.29 is 17.9 Å². The third-order valence-corrected chi connectivity index (χ3v) is 6.43. The number of ether oxygens (including phenoxy) is 2. The van der Waals surface area contributed by atoms with Crippen LogP contribution in [-0.2, 0) is 19.5 Å². The molecule has 0 aliphatic heterocycles. The van der Waals surface area contributed by atoms with Crippen LogP contribution in [0, 0.1) is 6.92 Å². The van der Waals surface area contributed by atoms with Crippen molar-refractivity contribution in [2.24, 2.45) is 0 Å². The van der Waals surface area contributed by atoms with E-state index in [0.29, 0.717) is 32.1 Å². The van der Waals surface area contributed by atoms with E-state index in [-0.39, 0.29) is 21.8 Å². The lowest BCUT2D eigenvalue weighted by molar-refractivity contribution is 0.110. The molecular formula is C12H21ClN2O4S2. The summed E-state index contributed by atoms with van der Waals surface area (Å²) in [6, 6.07) is 0. The molecule has 0 bridgehead atoms. The summed E-state index contributed by atoms with van der Waals surface area (Å²) in [5.41, 5.74) is 0.419. The van der Waals surface area contributed by atoms with Crippen molar-refractivity contribution >= 4 is 33.0 Å². The molecule has 0 aromatic carbocycles. The molecule has 1 aromatic rings. The van der Waals surface area contributed by atoms with Gasteiger partial charge >= 0.3 is 0 Å². The van der Waals surface area contributed by atoms with Crippen molar-refractivity contribution in [3.63, 3.8) is 0 Å². The number of halogens is 1. The summed E-state index contributed by atoms with van der Waals surface area (Å²) in [6.07, 6.45) is 0. The molecule has 21 heavy (non-hydrogen) atoms. The Bertz CT molecular complexity index is 523. The van der Waals surface area contributed by atoms with E-state index in [4.69, 9.17) is 21.1 Å². The van der Waals surface area contributed by atoms with Crippen molar-refractivity contribution in [1.29, 1.82) is 0 Å². The van der Waals surface area contributed by atoms with Crippen LogP contribution in [0.1, 0.15) is 19.5 Å². The van der Waals surface area contributed by atoms with Crippen molar-refractivity contribution in [3.8, 4) is 0 Å². The summed E-state index contributed by atoms with van der Waals surface area (Å²) in [7, 11) is -3.63. The van der Waals surface area contributed by atoms with Crippen LogP contribution in [0.25, 0.3) is 0 Å². The first-order valence-electron chi connectivity index (χ1n) is 6.72. The maximum Gasteiger partial charge on any atom is 0.254 e. The summed E-state index contributed by atoms with van der Waals surface area (Å²) in [4.78, 5) is 3.97. The molecule has 0 amide bonds. The summed E-state index contributed by atoms with van der Waals surface area (Å²) in [5.74, 6) is 0. The second-order valence-electron chi connectivity index (χ2n) is 4.14. The molecule has 0 spiro atoms. The summed E-state index contributed by atoms with van der Waals surface area (Å²) >= 11 is 6.78. The molecule has 0 unspecified atom stereocenters. The normalized spacial score (nSPS) is 12.2. The Morgan fingerprint density at radius 3 is 2.10 bits per heavy atom. The Morgan fingerprint density at radius 2 is 1.71 bits per heavy atom. The standard InChI is InChI=1S/C12H21ClN2O4S2/c1-4-18-8-6-15(7-9-19-5-2)21(16,17)11-10(3)14-12(13)20-11/h4-9H2,1-3H3. The van der Waals surface area contributed by atoms with Gasteiger partial charge in [0.25, 0.3) is 10.0 Å². The maximum absolute atomic E-state index is 12.7. The zero-order valence-corrected chi connectivity index (χ0v) is 14.9. The molecule has 0 N–H and O–H groups in total. The van der Waals surface area contributed by atoms with Crippen LogP contribution in [0.4, 0.5) is 0 Å². The van der Waals surface area contributed by atoms with Crippen LogP contribution in [0.3, 0.4) is 0 Å². The van der Waals surface area contributed by atoms with Gasteiger partial charge in [0.2, 0.25) is 0 Å². The molecule has 0 aliphatic rings. The average Bonchev–Trinajstić information content (AvgIpc) is 2.77. The molecule has 1 heterocycles. The van der Waals surface area contributed by atoms with E-state index >= 15 is 0 Å². The summed E-state index contributed by atoms with van der Waals surface area (Å²) in [5, 5.41) is 0. The molecule has 0 atom stereocenters. The van der Waals surface area contributed by atoms with Gasteiger partial charge in [0.1, 0.15) is 0 Å². The van der Waals surface area contributed by atoms with Gasteiger partial charge in [-0.25, -0.2) is 13.4 Å². The van der Waals surface area contributed by atoms with E-state index in [1.54, 1.807) is 6.92 Å². The first-order valence-corrected chi connectivity index (χ1v) is 9.35. The number of hydrogen-bond acceptors (Lipinski definition) is 6. The van der Waals surface area contributed by atoms with Crippen molar-refractivity contribution in [1.82, 2.24) is 9.29 Å². The monoisotopic (exact) mass is 356 g/mol. The molecule has 0 saturated carbocycles. The largest absolute Gasteiger partial charge is 0.380 e. The van der Waals surface area contributed by atoms with E-state index < -0.39 is 10.0 Å². The van der Waals surface area contributed by atoms with Crippen LogP contribution in [0.15, 0.2) is 4.21 Å². The number of thiazole rings is 1. The molecule has 122 valence electrons.